The van der Waals surface area contributed by atoms with Crippen molar-refractivity contribution in [1.29, 1.82) is 0 Å². The Kier molecular flexibility index (Phi) is 5.88. The monoisotopic (exact) mass is 385 g/mol. The van der Waals surface area contributed by atoms with Crippen LogP contribution in [0.5, 0.6) is 0 Å². The minimum Gasteiger partial charge on any atom is -0.370 e. The molecule has 3 aliphatic heterocycles. The van der Waals surface area contributed by atoms with Gasteiger partial charge in [0, 0.05) is 52.4 Å². The first-order valence-electron chi connectivity index (χ1n) is 10.7. The summed E-state index contributed by atoms with van der Waals surface area (Å²) in [5.41, 5.74) is 1.98. The molecule has 28 heavy (non-hydrogen) atoms. The fraction of sp³-hybridized carbons (Fsp3) is 0.619. The highest BCUT2D eigenvalue weighted by atomic mass is 16.2. The van der Waals surface area contributed by atoms with E-state index in [2.05, 4.69) is 16.3 Å². The number of rotatable bonds is 2. The number of piperazine rings is 1. The molecule has 3 saturated heterocycles. The third-order valence-electron chi connectivity index (χ3n) is 6.06. The van der Waals surface area contributed by atoms with Crippen molar-refractivity contribution in [2.75, 3.05) is 62.6 Å². The number of hydrogen-bond acceptors (Lipinski definition) is 3. The highest BCUT2D eigenvalue weighted by Gasteiger charge is 2.28. The number of likely N-dealkylation sites (tertiary alicyclic amines) is 1. The van der Waals surface area contributed by atoms with Crippen molar-refractivity contribution in [2.24, 2.45) is 0 Å². The van der Waals surface area contributed by atoms with Crippen molar-refractivity contribution in [3.05, 3.63) is 24.3 Å². The van der Waals surface area contributed by atoms with Gasteiger partial charge in [-0.3, -0.25) is 0 Å². The summed E-state index contributed by atoms with van der Waals surface area (Å²) in [7, 11) is 0. The van der Waals surface area contributed by atoms with Gasteiger partial charge in [0.15, 0.2) is 0 Å². The fourth-order valence-corrected chi connectivity index (χ4v) is 4.39. The first-order valence-corrected chi connectivity index (χ1v) is 10.7. The van der Waals surface area contributed by atoms with Crippen LogP contribution in [-0.2, 0) is 0 Å². The smallest absolute Gasteiger partial charge is 0.322 e. The molecule has 0 aromatic heterocycles. The number of nitrogens with zero attached hydrogens (tertiary/aromatic N) is 4. The second-order valence-electron chi connectivity index (χ2n) is 7.95. The van der Waals surface area contributed by atoms with Crippen LogP contribution in [0.1, 0.15) is 32.1 Å². The van der Waals surface area contributed by atoms with Crippen molar-refractivity contribution in [1.82, 2.24) is 14.7 Å². The molecule has 0 spiro atoms. The molecule has 0 bridgehead atoms. The molecule has 0 unspecified atom stereocenters. The average molecular weight is 386 g/mol. The molecule has 4 amide bonds. The lowest BCUT2D eigenvalue weighted by atomic mass is 10.1. The van der Waals surface area contributed by atoms with E-state index in [1.54, 1.807) is 0 Å². The van der Waals surface area contributed by atoms with Gasteiger partial charge in [-0.1, -0.05) is 12.1 Å². The predicted octanol–water partition coefficient (Wildman–Crippen LogP) is 3.04. The standard InChI is InChI=1S/C21H31N5O2/c27-20(22-18-8-2-3-9-19(18)23-10-6-7-11-23)24-14-16-26(17-15-24)21(28)25-12-4-1-5-13-25/h2-3,8-9H,1,4-7,10-17H2,(H,22,27). The van der Waals surface area contributed by atoms with Crippen LogP contribution in [0.3, 0.4) is 0 Å². The van der Waals surface area contributed by atoms with Gasteiger partial charge in [0.05, 0.1) is 11.4 Å². The second-order valence-corrected chi connectivity index (χ2v) is 7.95. The van der Waals surface area contributed by atoms with Gasteiger partial charge in [-0.15, -0.1) is 0 Å². The number of benzene rings is 1. The second kappa shape index (κ2) is 8.71. The maximum Gasteiger partial charge on any atom is 0.322 e. The molecule has 0 aliphatic carbocycles. The Morgan fingerprint density at radius 1 is 0.679 bits per heavy atom. The zero-order valence-electron chi connectivity index (χ0n) is 16.6. The van der Waals surface area contributed by atoms with E-state index in [9.17, 15) is 9.59 Å². The summed E-state index contributed by atoms with van der Waals surface area (Å²) >= 11 is 0. The molecular formula is C21H31N5O2. The summed E-state index contributed by atoms with van der Waals surface area (Å²) in [6.45, 7) is 6.20. The highest BCUT2D eigenvalue weighted by Crippen LogP contribution is 2.29. The van der Waals surface area contributed by atoms with Gasteiger partial charge < -0.3 is 24.9 Å². The van der Waals surface area contributed by atoms with Gasteiger partial charge in [-0.25, -0.2) is 9.59 Å². The van der Waals surface area contributed by atoms with Gasteiger partial charge in [0.2, 0.25) is 0 Å². The molecule has 1 N–H and O–H groups in total. The van der Waals surface area contributed by atoms with Crippen LogP contribution in [0.2, 0.25) is 0 Å². The summed E-state index contributed by atoms with van der Waals surface area (Å²) < 4.78 is 0. The lowest BCUT2D eigenvalue weighted by molar-refractivity contribution is 0.116. The number of hydrogen-bond donors (Lipinski definition) is 1. The molecule has 4 rings (SSSR count). The Hall–Kier alpha value is -2.44. The van der Waals surface area contributed by atoms with E-state index in [0.717, 1.165) is 50.4 Å². The largest absolute Gasteiger partial charge is 0.370 e. The van der Waals surface area contributed by atoms with Gasteiger partial charge in [-0.05, 0) is 44.2 Å². The van der Waals surface area contributed by atoms with Crippen LogP contribution >= 0.6 is 0 Å². The molecule has 3 aliphatic rings. The summed E-state index contributed by atoms with van der Waals surface area (Å²) in [5, 5.41) is 3.10. The van der Waals surface area contributed by atoms with Crippen LogP contribution in [-0.4, -0.2) is 79.1 Å². The molecule has 3 fully saturated rings. The van der Waals surface area contributed by atoms with E-state index in [-0.39, 0.29) is 12.1 Å². The van der Waals surface area contributed by atoms with Crippen molar-refractivity contribution in [3.63, 3.8) is 0 Å². The molecule has 3 heterocycles. The highest BCUT2D eigenvalue weighted by molar-refractivity contribution is 5.93. The average Bonchev–Trinajstić information content (AvgIpc) is 3.29. The third-order valence-corrected chi connectivity index (χ3v) is 6.06. The van der Waals surface area contributed by atoms with E-state index >= 15 is 0 Å². The number of carbonyl (C=O) groups is 2. The molecule has 0 atom stereocenters. The van der Waals surface area contributed by atoms with Crippen LogP contribution < -0.4 is 10.2 Å². The van der Waals surface area contributed by atoms with Crippen LogP contribution in [0.25, 0.3) is 0 Å². The summed E-state index contributed by atoms with van der Waals surface area (Å²) in [5.74, 6) is 0. The summed E-state index contributed by atoms with van der Waals surface area (Å²) in [4.78, 5) is 33.5. The summed E-state index contributed by atoms with van der Waals surface area (Å²) in [6, 6.07) is 8.10. The number of nitrogens with one attached hydrogen (secondary N) is 1. The first-order chi connectivity index (χ1) is 13.7. The Morgan fingerprint density at radius 2 is 1.25 bits per heavy atom. The number of amides is 4. The third kappa shape index (κ3) is 4.18. The lowest BCUT2D eigenvalue weighted by Gasteiger charge is -2.38. The molecule has 1 aromatic rings. The number of urea groups is 2. The van der Waals surface area contributed by atoms with Crippen molar-refractivity contribution >= 4 is 23.4 Å². The molecule has 152 valence electrons. The van der Waals surface area contributed by atoms with Gasteiger partial charge in [-0.2, -0.15) is 0 Å². The van der Waals surface area contributed by atoms with E-state index in [1.165, 1.54) is 19.3 Å². The molecule has 0 radical (unpaired) electrons. The molecule has 1 aromatic carbocycles. The Bertz CT molecular complexity index is 690. The van der Waals surface area contributed by atoms with E-state index < -0.39 is 0 Å². The Morgan fingerprint density at radius 3 is 1.96 bits per heavy atom. The first kappa shape index (κ1) is 18.9. The fourth-order valence-electron chi connectivity index (χ4n) is 4.39. The molecular weight excluding hydrogens is 354 g/mol. The van der Waals surface area contributed by atoms with Gasteiger partial charge in [0.25, 0.3) is 0 Å². The van der Waals surface area contributed by atoms with E-state index in [4.69, 9.17) is 0 Å². The van der Waals surface area contributed by atoms with Crippen LogP contribution in [0.4, 0.5) is 21.0 Å². The number of para-hydroxylation sites is 2. The topological polar surface area (TPSA) is 59.1 Å². The Balaban J connectivity index is 1.31. The molecule has 7 nitrogen and oxygen atoms in total. The van der Waals surface area contributed by atoms with Crippen molar-refractivity contribution in [3.8, 4) is 0 Å². The van der Waals surface area contributed by atoms with Crippen molar-refractivity contribution in [2.45, 2.75) is 32.1 Å². The van der Waals surface area contributed by atoms with Crippen LogP contribution in [0, 0.1) is 0 Å². The minimum atomic E-state index is -0.0725. The maximum atomic E-state index is 12.8. The zero-order valence-corrected chi connectivity index (χ0v) is 16.6. The van der Waals surface area contributed by atoms with Crippen LogP contribution in [0.15, 0.2) is 24.3 Å². The van der Waals surface area contributed by atoms with Crippen molar-refractivity contribution < 1.29 is 9.59 Å². The van der Waals surface area contributed by atoms with Gasteiger partial charge in [0.1, 0.15) is 0 Å². The maximum absolute atomic E-state index is 12.8. The quantitative estimate of drug-likeness (QED) is 0.851. The predicted molar refractivity (Wildman–Crippen MR) is 111 cm³/mol. The molecule has 0 saturated carbocycles. The SMILES string of the molecule is O=C(Nc1ccccc1N1CCCC1)N1CCN(C(=O)N2CCCCC2)CC1. The van der Waals surface area contributed by atoms with E-state index in [1.807, 2.05) is 32.9 Å². The van der Waals surface area contributed by atoms with E-state index in [0.29, 0.717) is 26.2 Å². The zero-order chi connectivity index (χ0) is 19.3. The normalized spacial score (nSPS) is 20.4. The minimum absolute atomic E-state index is 0.0725. The number of carbonyl (C=O) groups excluding carboxylic acids is 2. The number of piperidine rings is 1. The molecule has 7 heteroatoms. The lowest BCUT2D eigenvalue weighted by Crippen LogP contribution is -2.55. The Labute approximate surface area is 167 Å². The van der Waals surface area contributed by atoms with Gasteiger partial charge >= 0.3 is 12.1 Å². The summed E-state index contributed by atoms with van der Waals surface area (Å²) in [6.07, 6.45) is 5.83. The number of anilines is 2.